The minimum atomic E-state index is -1.24. The third kappa shape index (κ3) is 4.29. The molecule has 1 aromatic heterocycles. The number of nitrogens with one attached hydrogen (secondary N) is 1. The topological polar surface area (TPSA) is 95.7 Å². The number of aromatic carboxylic acids is 1. The highest BCUT2D eigenvalue weighted by molar-refractivity contribution is 5.94. The number of carbonyl (C=O) groups excluding carboxylic acids is 1. The van der Waals surface area contributed by atoms with Crippen LogP contribution in [0.2, 0.25) is 0 Å². The Morgan fingerprint density at radius 3 is 3.00 bits per heavy atom. The molecule has 1 saturated heterocycles. The molecule has 2 rings (SSSR count). The van der Waals surface area contributed by atoms with E-state index in [1.807, 2.05) is 0 Å². The lowest BCUT2D eigenvalue weighted by molar-refractivity contribution is 0.0651. The minimum absolute atomic E-state index is 0.00117. The molecule has 0 aromatic carbocycles. The van der Waals surface area contributed by atoms with E-state index < -0.39 is 11.9 Å². The molecule has 7 nitrogen and oxygen atoms in total. The Morgan fingerprint density at radius 2 is 2.33 bits per heavy atom. The van der Waals surface area contributed by atoms with E-state index in [1.54, 1.807) is 0 Å². The monoisotopic (exact) mass is 295 g/mol. The average molecular weight is 295 g/mol. The minimum Gasteiger partial charge on any atom is -0.475 e. The zero-order valence-corrected chi connectivity index (χ0v) is 12.2. The number of hydrogen-bond donors (Lipinski definition) is 2. The molecule has 1 unspecified atom stereocenters. The first-order chi connectivity index (χ1) is 10.1. The van der Waals surface area contributed by atoms with Crippen LogP contribution in [0, 0.1) is 0 Å². The van der Waals surface area contributed by atoms with Crippen molar-refractivity contribution in [3.8, 4) is 0 Å². The molecular weight excluding hydrogens is 274 g/mol. The number of hydrogen-bond acceptors (Lipinski definition) is 5. The second kappa shape index (κ2) is 7.21. The van der Waals surface area contributed by atoms with E-state index in [9.17, 15) is 9.59 Å². The zero-order chi connectivity index (χ0) is 15.2. The van der Waals surface area contributed by atoms with Crippen LogP contribution in [0.15, 0.2) is 10.6 Å². The molecule has 0 saturated carbocycles. The van der Waals surface area contributed by atoms with E-state index >= 15 is 0 Å². The van der Waals surface area contributed by atoms with Crippen LogP contribution in [0.1, 0.15) is 53.7 Å². The van der Waals surface area contributed by atoms with Gasteiger partial charge in [-0.2, -0.15) is 0 Å². The van der Waals surface area contributed by atoms with Gasteiger partial charge < -0.3 is 19.8 Å². The number of nitrogens with zero attached hydrogens (tertiary/aromatic N) is 2. The third-order valence-electron chi connectivity index (χ3n) is 3.80. The van der Waals surface area contributed by atoms with Crippen molar-refractivity contribution in [3.63, 3.8) is 0 Å². The normalized spacial score (nSPS) is 19.4. The lowest BCUT2D eigenvalue weighted by Crippen LogP contribution is -2.39. The van der Waals surface area contributed by atoms with Crippen molar-refractivity contribution in [2.24, 2.45) is 0 Å². The van der Waals surface area contributed by atoms with E-state index in [1.165, 1.54) is 19.3 Å². The fourth-order valence-electron chi connectivity index (χ4n) is 2.55. The van der Waals surface area contributed by atoms with Gasteiger partial charge in [0.05, 0.1) is 0 Å². The van der Waals surface area contributed by atoms with E-state index in [-0.39, 0.29) is 11.5 Å². The van der Waals surface area contributed by atoms with Crippen LogP contribution < -0.4 is 5.32 Å². The Bertz CT molecular complexity index is 500. The van der Waals surface area contributed by atoms with E-state index in [4.69, 9.17) is 5.11 Å². The number of carboxylic acid groups (broad SMARTS) is 1. The average Bonchev–Trinajstić information content (AvgIpc) is 2.95. The first kappa shape index (κ1) is 15.5. The lowest BCUT2D eigenvalue weighted by atomic mass is 10.0. The molecule has 2 heterocycles. The van der Waals surface area contributed by atoms with Crippen molar-refractivity contribution in [1.29, 1.82) is 0 Å². The maximum absolute atomic E-state index is 11.8. The van der Waals surface area contributed by atoms with Crippen LogP contribution in [-0.2, 0) is 0 Å². The molecule has 7 heteroatoms. The summed E-state index contributed by atoms with van der Waals surface area (Å²) in [7, 11) is 0. The van der Waals surface area contributed by atoms with Gasteiger partial charge in [0.25, 0.3) is 5.91 Å². The summed E-state index contributed by atoms with van der Waals surface area (Å²) >= 11 is 0. The Kier molecular flexibility index (Phi) is 5.32. The number of aromatic nitrogens is 1. The van der Waals surface area contributed by atoms with Crippen LogP contribution in [0.3, 0.4) is 0 Å². The number of amides is 1. The summed E-state index contributed by atoms with van der Waals surface area (Å²) in [6.07, 6.45) is 4.64. The van der Waals surface area contributed by atoms with E-state index in [0.29, 0.717) is 12.6 Å². The predicted molar refractivity (Wildman–Crippen MR) is 75.3 cm³/mol. The van der Waals surface area contributed by atoms with E-state index in [2.05, 4.69) is 26.8 Å². The number of carbonyl (C=O) groups is 2. The third-order valence-corrected chi connectivity index (χ3v) is 3.80. The number of likely N-dealkylation sites (tertiary alicyclic amines) is 1. The first-order valence-corrected chi connectivity index (χ1v) is 7.30. The molecule has 116 valence electrons. The highest BCUT2D eigenvalue weighted by atomic mass is 16.5. The number of carboxylic acids is 1. The second-order valence-electron chi connectivity index (χ2n) is 5.37. The maximum atomic E-state index is 11.8. The molecule has 1 atom stereocenters. The van der Waals surface area contributed by atoms with Crippen molar-refractivity contribution < 1.29 is 19.2 Å². The van der Waals surface area contributed by atoms with Crippen LogP contribution in [0.25, 0.3) is 0 Å². The Balaban J connectivity index is 1.70. The van der Waals surface area contributed by atoms with Crippen LogP contribution in [-0.4, -0.2) is 52.7 Å². The van der Waals surface area contributed by atoms with Gasteiger partial charge in [0.1, 0.15) is 0 Å². The summed E-state index contributed by atoms with van der Waals surface area (Å²) in [6, 6.07) is 1.74. The zero-order valence-electron chi connectivity index (χ0n) is 12.2. The van der Waals surface area contributed by atoms with Gasteiger partial charge in [0, 0.05) is 25.2 Å². The molecule has 0 bridgehead atoms. The predicted octanol–water partition coefficient (Wildman–Crippen LogP) is 1.37. The highest BCUT2D eigenvalue weighted by Crippen LogP contribution is 2.16. The van der Waals surface area contributed by atoms with Crippen LogP contribution >= 0.6 is 0 Å². The molecule has 1 aromatic rings. The Morgan fingerprint density at radius 1 is 1.52 bits per heavy atom. The van der Waals surface area contributed by atoms with Gasteiger partial charge in [-0.1, -0.05) is 11.6 Å². The molecule has 0 aliphatic carbocycles. The molecule has 1 amide bonds. The van der Waals surface area contributed by atoms with Crippen molar-refractivity contribution >= 4 is 11.9 Å². The number of rotatable bonds is 6. The fourth-order valence-corrected chi connectivity index (χ4v) is 2.55. The molecule has 21 heavy (non-hydrogen) atoms. The summed E-state index contributed by atoms with van der Waals surface area (Å²) in [6.45, 7) is 4.86. The summed E-state index contributed by atoms with van der Waals surface area (Å²) in [4.78, 5) is 24.8. The van der Waals surface area contributed by atoms with Crippen LogP contribution in [0.4, 0.5) is 0 Å². The van der Waals surface area contributed by atoms with Gasteiger partial charge in [0.15, 0.2) is 5.69 Å². The smallest absolute Gasteiger partial charge is 0.374 e. The molecule has 1 fully saturated rings. The quantitative estimate of drug-likeness (QED) is 0.769. The summed E-state index contributed by atoms with van der Waals surface area (Å²) in [5, 5.41) is 14.9. The fraction of sp³-hybridized carbons (Fsp3) is 0.643. The molecule has 0 radical (unpaired) electrons. The molecule has 2 N–H and O–H groups in total. The molecule has 0 spiro atoms. The second-order valence-corrected chi connectivity index (χ2v) is 5.37. The first-order valence-electron chi connectivity index (χ1n) is 7.30. The van der Waals surface area contributed by atoms with Gasteiger partial charge >= 0.3 is 5.97 Å². The summed E-state index contributed by atoms with van der Waals surface area (Å²) in [5.74, 6) is -1.97. The van der Waals surface area contributed by atoms with Gasteiger partial charge in [0.2, 0.25) is 5.76 Å². The van der Waals surface area contributed by atoms with Crippen molar-refractivity contribution in [1.82, 2.24) is 15.4 Å². The van der Waals surface area contributed by atoms with Crippen LogP contribution in [0.5, 0.6) is 0 Å². The largest absolute Gasteiger partial charge is 0.475 e. The highest BCUT2D eigenvalue weighted by Gasteiger charge is 2.18. The molecule has 1 aliphatic heterocycles. The Labute approximate surface area is 123 Å². The van der Waals surface area contributed by atoms with Gasteiger partial charge in [-0.15, -0.1) is 0 Å². The van der Waals surface area contributed by atoms with Gasteiger partial charge in [-0.25, -0.2) is 4.79 Å². The Hall–Kier alpha value is -1.89. The van der Waals surface area contributed by atoms with Gasteiger partial charge in [-0.05, 0) is 32.7 Å². The maximum Gasteiger partial charge on any atom is 0.374 e. The summed E-state index contributed by atoms with van der Waals surface area (Å²) < 4.78 is 4.54. The standard InChI is InChI=1S/C14H21N3O4/c1-10-5-2-3-7-17(10)8-4-6-15-13(18)11-9-12(14(19)20)21-16-11/h9-10H,2-8H2,1H3,(H,15,18)(H,19,20). The van der Waals surface area contributed by atoms with Crippen molar-refractivity contribution in [3.05, 3.63) is 17.5 Å². The van der Waals surface area contributed by atoms with Crippen molar-refractivity contribution in [2.45, 2.75) is 38.6 Å². The molecular formula is C14H21N3O4. The number of piperidine rings is 1. The summed E-state index contributed by atoms with van der Waals surface area (Å²) in [5.41, 5.74) is -0.00117. The SMILES string of the molecule is CC1CCCCN1CCCNC(=O)c1cc(C(=O)O)on1. The van der Waals surface area contributed by atoms with Crippen molar-refractivity contribution in [2.75, 3.05) is 19.6 Å². The van der Waals surface area contributed by atoms with Gasteiger partial charge in [-0.3, -0.25) is 4.79 Å². The molecule has 1 aliphatic rings. The lowest BCUT2D eigenvalue weighted by Gasteiger charge is -2.33. The van der Waals surface area contributed by atoms with E-state index in [0.717, 1.165) is 25.6 Å².